The Bertz CT molecular complexity index is 729. The second kappa shape index (κ2) is 8.68. The molecule has 0 heterocycles. The molecule has 0 fully saturated rings. The highest BCUT2D eigenvalue weighted by molar-refractivity contribution is 5.75. The Morgan fingerprint density at radius 1 is 0.920 bits per heavy atom. The normalized spacial score (nSPS) is 16.5. The maximum Gasteiger partial charge on any atom is 0.126 e. The van der Waals surface area contributed by atoms with Crippen molar-refractivity contribution in [3.05, 3.63) is 83.1 Å². The van der Waals surface area contributed by atoms with Crippen LogP contribution in [0.2, 0.25) is 0 Å². The highest BCUT2D eigenvalue weighted by Crippen LogP contribution is 2.37. The fourth-order valence-corrected chi connectivity index (χ4v) is 3.19. The second-order valence-corrected chi connectivity index (χ2v) is 6.76. The van der Waals surface area contributed by atoms with Crippen molar-refractivity contribution in [1.82, 2.24) is 4.90 Å². The fourth-order valence-electron chi connectivity index (χ4n) is 3.19. The first-order valence-electron chi connectivity index (χ1n) is 9.06. The van der Waals surface area contributed by atoms with E-state index in [0.717, 1.165) is 25.1 Å². The van der Waals surface area contributed by atoms with Gasteiger partial charge < -0.3 is 9.64 Å². The molecule has 130 valence electrons. The van der Waals surface area contributed by atoms with Crippen LogP contribution in [-0.2, 0) is 4.74 Å². The molecule has 0 aliphatic heterocycles. The van der Waals surface area contributed by atoms with Crippen LogP contribution >= 0.6 is 0 Å². The Morgan fingerprint density at radius 3 is 2.28 bits per heavy atom. The quantitative estimate of drug-likeness (QED) is 0.716. The van der Waals surface area contributed by atoms with Gasteiger partial charge in [-0.1, -0.05) is 60.7 Å². The van der Waals surface area contributed by atoms with Crippen molar-refractivity contribution in [3.8, 4) is 0 Å². The van der Waals surface area contributed by atoms with E-state index in [0.29, 0.717) is 6.61 Å². The van der Waals surface area contributed by atoms with E-state index in [-0.39, 0.29) is 0 Å². The summed E-state index contributed by atoms with van der Waals surface area (Å²) in [6, 6.07) is 21.2. The summed E-state index contributed by atoms with van der Waals surface area (Å²) in [5, 5.41) is 0. The third-order valence-electron chi connectivity index (χ3n) is 4.49. The Balaban J connectivity index is 1.96. The van der Waals surface area contributed by atoms with Crippen LogP contribution in [0, 0.1) is 0 Å². The highest BCUT2D eigenvalue weighted by atomic mass is 16.5. The minimum absolute atomic E-state index is 0.713. The molecule has 0 N–H and O–H groups in total. The monoisotopic (exact) mass is 333 g/mol. The van der Waals surface area contributed by atoms with Crippen molar-refractivity contribution in [3.63, 3.8) is 0 Å². The molecular formula is C23H27NO. The summed E-state index contributed by atoms with van der Waals surface area (Å²) in [5.41, 5.74) is 5.17. The van der Waals surface area contributed by atoms with Gasteiger partial charge in [-0.3, -0.25) is 0 Å². The van der Waals surface area contributed by atoms with E-state index in [1.165, 1.54) is 28.7 Å². The number of likely N-dealkylation sites (N-methyl/N-ethyl adjacent to an activating group) is 1. The van der Waals surface area contributed by atoms with Crippen molar-refractivity contribution in [2.45, 2.75) is 19.3 Å². The van der Waals surface area contributed by atoms with E-state index in [1.807, 2.05) is 0 Å². The van der Waals surface area contributed by atoms with Gasteiger partial charge in [-0.15, -0.1) is 0 Å². The van der Waals surface area contributed by atoms with Gasteiger partial charge in [0, 0.05) is 12.1 Å². The van der Waals surface area contributed by atoms with Crippen LogP contribution in [-0.4, -0.2) is 32.1 Å². The number of hydrogen-bond acceptors (Lipinski definition) is 2. The Morgan fingerprint density at radius 2 is 1.60 bits per heavy atom. The summed E-state index contributed by atoms with van der Waals surface area (Å²) in [6.45, 7) is 1.63. The number of benzene rings is 2. The summed E-state index contributed by atoms with van der Waals surface area (Å²) in [4.78, 5) is 2.16. The lowest BCUT2D eigenvalue weighted by Gasteiger charge is -2.25. The number of ether oxygens (including phenoxy) is 1. The zero-order valence-electron chi connectivity index (χ0n) is 15.2. The van der Waals surface area contributed by atoms with Crippen LogP contribution < -0.4 is 0 Å². The molecule has 0 saturated heterocycles. The van der Waals surface area contributed by atoms with Crippen molar-refractivity contribution in [2.75, 3.05) is 27.2 Å². The molecule has 0 amide bonds. The van der Waals surface area contributed by atoms with E-state index in [9.17, 15) is 0 Å². The summed E-state index contributed by atoms with van der Waals surface area (Å²) in [5.74, 6) is 1.09. The molecule has 0 saturated carbocycles. The lowest BCUT2D eigenvalue weighted by atomic mass is 9.88. The molecule has 0 atom stereocenters. The highest BCUT2D eigenvalue weighted by Gasteiger charge is 2.20. The van der Waals surface area contributed by atoms with Crippen LogP contribution in [0.15, 0.2) is 72.0 Å². The lowest BCUT2D eigenvalue weighted by Crippen LogP contribution is -2.19. The van der Waals surface area contributed by atoms with Gasteiger partial charge in [0.05, 0.1) is 0 Å². The van der Waals surface area contributed by atoms with Crippen LogP contribution in [0.5, 0.6) is 0 Å². The molecule has 25 heavy (non-hydrogen) atoms. The van der Waals surface area contributed by atoms with Crippen molar-refractivity contribution in [1.29, 1.82) is 0 Å². The SMILES string of the molecule is CN(C)CCOC1=C(c2ccccc2)CCCC1=Cc1ccccc1. The van der Waals surface area contributed by atoms with Gasteiger partial charge in [-0.25, -0.2) is 0 Å². The van der Waals surface area contributed by atoms with Gasteiger partial charge in [0.25, 0.3) is 0 Å². The van der Waals surface area contributed by atoms with Crippen LogP contribution in [0.25, 0.3) is 11.6 Å². The van der Waals surface area contributed by atoms with Crippen LogP contribution in [0.1, 0.15) is 30.4 Å². The smallest absolute Gasteiger partial charge is 0.126 e. The Hall–Kier alpha value is -2.32. The summed E-state index contributed by atoms with van der Waals surface area (Å²) in [7, 11) is 4.16. The molecule has 3 rings (SSSR count). The summed E-state index contributed by atoms with van der Waals surface area (Å²) >= 11 is 0. The average Bonchev–Trinajstić information content (AvgIpc) is 2.64. The number of allylic oxidation sites excluding steroid dienone is 2. The van der Waals surface area contributed by atoms with E-state index < -0.39 is 0 Å². The van der Waals surface area contributed by atoms with Gasteiger partial charge in [0.2, 0.25) is 0 Å². The topological polar surface area (TPSA) is 12.5 Å². The van der Waals surface area contributed by atoms with E-state index in [2.05, 4.69) is 85.7 Å². The largest absolute Gasteiger partial charge is 0.492 e. The summed E-state index contributed by atoms with van der Waals surface area (Å²) in [6.07, 6.45) is 5.60. The molecule has 0 unspecified atom stereocenters. The first-order valence-corrected chi connectivity index (χ1v) is 9.06. The predicted octanol–water partition coefficient (Wildman–Crippen LogP) is 5.24. The molecule has 2 aromatic rings. The van der Waals surface area contributed by atoms with Crippen molar-refractivity contribution >= 4 is 11.6 Å². The minimum atomic E-state index is 0.713. The van der Waals surface area contributed by atoms with Gasteiger partial charge in [0.1, 0.15) is 12.4 Å². The van der Waals surface area contributed by atoms with Crippen LogP contribution in [0.3, 0.4) is 0 Å². The van der Waals surface area contributed by atoms with E-state index in [4.69, 9.17) is 4.74 Å². The molecule has 2 aromatic carbocycles. The van der Waals surface area contributed by atoms with E-state index in [1.54, 1.807) is 0 Å². The van der Waals surface area contributed by atoms with Crippen LogP contribution in [0.4, 0.5) is 0 Å². The lowest BCUT2D eigenvalue weighted by molar-refractivity contribution is 0.188. The standard InChI is InChI=1S/C23H27NO/c1-24(2)16-17-25-23-21(18-19-10-5-3-6-11-19)14-9-15-22(23)20-12-7-4-8-13-20/h3-8,10-13,18H,9,14-17H2,1-2H3. The summed E-state index contributed by atoms with van der Waals surface area (Å²) < 4.78 is 6.32. The number of rotatable bonds is 6. The fraction of sp³-hybridized carbons (Fsp3) is 0.304. The molecule has 2 heteroatoms. The van der Waals surface area contributed by atoms with Gasteiger partial charge in [-0.05, 0) is 56.1 Å². The third kappa shape index (κ3) is 4.83. The molecule has 0 aromatic heterocycles. The predicted molar refractivity (Wildman–Crippen MR) is 106 cm³/mol. The van der Waals surface area contributed by atoms with Gasteiger partial charge in [0.15, 0.2) is 0 Å². The zero-order chi connectivity index (χ0) is 17.5. The van der Waals surface area contributed by atoms with Crippen molar-refractivity contribution < 1.29 is 4.74 Å². The first-order chi connectivity index (χ1) is 12.2. The minimum Gasteiger partial charge on any atom is -0.492 e. The number of hydrogen-bond donors (Lipinski definition) is 0. The molecule has 0 radical (unpaired) electrons. The molecule has 0 spiro atoms. The average molecular weight is 333 g/mol. The van der Waals surface area contributed by atoms with Gasteiger partial charge >= 0.3 is 0 Å². The first kappa shape index (κ1) is 17.5. The maximum atomic E-state index is 6.32. The third-order valence-corrected chi connectivity index (χ3v) is 4.49. The molecular weight excluding hydrogens is 306 g/mol. The van der Waals surface area contributed by atoms with Crippen molar-refractivity contribution in [2.24, 2.45) is 0 Å². The molecule has 1 aliphatic rings. The zero-order valence-corrected chi connectivity index (χ0v) is 15.2. The van der Waals surface area contributed by atoms with E-state index >= 15 is 0 Å². The molecule has 2 nitrogen and oxygen atoms in total. The second-order valence-electron chi connectivity index (χ2n) is 6.76. The van der Waals surface area contributed by atoms with Gasteiger partial charge in [-0.2, -0.15) is 0 Å². The Labute approximate surface area is 151 Å². The Kier molecular flexibility index (Phi) is 6.08. The number of nitrogens with zero attached hydrogens (tertiary/aromatic N) is 1. The molecule has 1 aliphatic carbocycles. The molecule has 0 bridgehead atoms. The maximum absolute atomic E-state index is 6.32.